The minimum absolute atomic E-state index is 0.245. The Hall–Kier alpha value is 0.0269. The third-order valence-corrected chi connectivity index (χ3v) is 4.91. The molecule has 86 valence electrons. The standard InChI is InChI=1S/C9H21FO3Si/c1-4-14(11-2,12-3)13-9-7-5-6-8-10/h4-9H2,1-3H3. The second-order valence-electron chi connectivity index (χ2n) is 3.04. The van der Waals surface area contributed by atoms with Gasteiger partial charge in [-0.25, -0.2) is 0 Å². The fraction of sp³-hybridized carbons (Fsp3) is 1.00. The van der Waals surface area contributed by atoms with Gasteiger partial charge in [0.25, 0.3) is 0 Å². The molecule has 0 aliphatic carbocycles. The average molecular weight is 224 g/mol. The van der Waals surface area contributed by atoms with Crippen molar-refractivity contribution in [2.45, 2.75) is 32.2 Å². The molecule has 0 saturated carbocycles. The molecule has 0 saturated heterocycles. The van der Waals surface area contributed by atoms with Crippen LogP contribution < -0.4 is 0 Å². The summed E-state index contributed by atoms with van der Waals surface area (Å²) in [5, 5.41) is 0. The third kappa shape index (κ3) is 5.04. The minimum atomic E-state index is -2.37. The quantitative estimate of drug-likeness (QED) is 0.444. The van der Waals surface area contributed by atoms with Crippen LogP contribution in [-0.4, -0.2) is 36.3 Å². The summed E-state index contributed by atoms with van der Waals surface area (Å²) in [5.74, 6) is 0. The Morgan fingerprint density at radius 3 is 2.14 bits per heavy atom. The highest BCUT2D eigenvalue weighted by molar-refractivity contribution is 6.60. The van der Waals surface area contributed by atoms with E-state index in [4.69, 9.17) is 13.3 Å². The lowest BCUT2D eigenvalue weighted by atomic mass is 10.3. The summed E-state index contributed by atoms with van der Waals surface area (Å²) in [5.41, 5.74) is 0. The fourth-order valence-corrected chi connectivity index (χ4v) is 2.83. The van der Waals surface area contributed by atoms with Crippen LogP contribution in [-0.2, 0) is 13.3 Å². The molecule has 0 amide bonds. The van der Waals surface area contributed by atoms with Crippen molar-refractivity contribution in [3.8, 4) is 0 Å². The van der Waals surface area contributed by atoms with Gasteiger partial charge in [-0.1, -0.05) is 6.92 Å². The molecule has 0 aliphatic rings. The highest BCUT2D eigenvalue weighted by atomic mass is 28.4. The SMILES string of the molecule is CC[Si](OC)(OC)OCCCCCF. The summed E-state index contributed by atoms with van der Waals surface area (Å²) >= 11 is 0. The van der Waals surface area contributed by atoms with Crippen molar-refractivity contribution >= 4 is 8.80 Å². The van der Waals surface area contributed by atoms with E-state index in [2.05, 4.69) is 0 Å². The Labute approximate surface area is 86.9 Å². The van der Waals surface area contributed by atoms with Crippen molar-refractivity contribution < 1.29 is 17.7 Å². The molecule has 14 heavy (non-hydrogen) atoms. The zero-order valence-corrected chi connectivity index (χ0v) is 10.3. The van der Waals surface area contributed by atoms with Crippen LogP contribution in [0.15, 0.2) is 0 Å². The van der Waals surface area contributed by atoms with Gasteiger partial charge in [-0.3, -0.25) is 4.39 Å². The van der Waals surface area contributed by atoms with Crippen LogP contribution in [0.2, 0.25) is 6.04 Å². The van der Waals surface area contributed by atoms with E-state index in [9.17, 15) is 4.39 Å². The van der Waals surface area contributed by atoms with E-state index in [0.29, 0.717) is 13.0 Å². The number of alkyl halides is 1. The summed E-state index contributed by atoms with van der Waals surface area (Å²) in [6.45, 7) is 2.34. The zero-order chi connectivity index (χ0) is 10.9. The van der Waals surface area contributed by atoms with Crippen molar-refractivity contribution in [2.75, 3.05) is 27.5 Å². The third-order valence-electron chi connectivity index (χ3n) is 2.15. The van der Waals surface area contributed by atoms with Gasteiger partial charge >= 0.3 is 8.80 Å². The first-order valence-electron chi connectivity index (χ1n) is 5.05. The first kappa shape index (κ1) is 14.0. The Morgan fingerprint density at radius 2 is 1.71 bits per heavy atom. The number of hydrogen-bond donors (Lipinski definition) is 0. The topological polar surface area (TPSA) is 27.7 Å². The van der Waals surface area contributed by atoms with Gasteiger partial charge in [0.15, 0.2) is 0 Å². The maximum Gasteiger partial charge on any atom is 0.500 e. The van der Waals surface area contributed by atoms with E-state index < -0.39 is 8.80 Å². The molecule has 0 bridgehead atoms. The molecule has 0 rings (SSSR count). The molecular weight excluding hydrogens is 203 g/mol. The van der Waals surface area contributed by atoms with Crippen LogP contribution >= 0.6 is 0 Å². The predicted octanol–water partition coefficient (Wildman–Crippen LogP) is 2.39. The van der Waals surface area contributed by atoms with Gasteiger partial charge in [-0.2, -0.15) is 0 Å². The summed E-state index contributed by atoms with van der Waals surface area (Å²) in [4.78, 5) is 0. The maximum atomic E-state index is 11.8. The smallest absolute Gasteiger partial charge is 0.377 e. The van der Waals surface area contributed by atoms with Gasteiger partial charge in [0.05, 0.1) is 6.67 Å². The lowest BCUT2D eigenvalue weighted by Crippen LogP contribution is -2.43. The molecule has 5 heteroatoms. The molecule has 0 aliphatic heterocycles. The number of halogens is 1. The molecular formula is C9H21FO3Si. The van der Waals surface area contributed by atoms with E-state index in [0.717, 1.165) is 18.9 Å². The van der Waals surface area contributed by atoms with Gasteiger partial charge < -0.3 is 13.3 Å². The molecule has 0 aromatic carbocycles. The minimum Gasteiger partial charge on any atom is -0.377 e. The number of unbranched alkanes of at least 4 members (excludes halogenated alkanes) is 2. The van der Waals surface area contributed by atoms with Crippen LogP contribution in [0.25, 0.3) is 0 Å². The van der Waals surface area contributed by atoms with Gasteiger partial charge in [0.2, 0.25) is 0 Å². The molecule has 0 unspecified atom stereocenters. The van der Waals surface area contributed by atoms with E-state index in [-0.39, 0.29) is 6.67 Å². The van der Waals surface area contributed by atoms with Gasteiger partial charge in [-0.05, 0) is 19.3 Å². The highest BCUT2D eigenvalue weighted by Gasteiger charge is 2.36. The largest absolute Gasteiger partial charge is 0.500 e. The average Bonchev–Trinajstić information content (AvgIpc) is 2.24. The summed E-state index contributed by atoms with van der Waals surface area (Å²) in [6.07, 6.45) is 2.34. The van der Waals surface area contributed by atoms with Crippen LogP contribution in [0, 0.1) is 0 Å². The second-order valence-corrected chi connectivity index (χ2v) is 6.22. The van der Waals surface area contributed by atoms with Crippen molar-refractivity contribution in [1.82, 2.24) is 0 Å². The van der Waals surface area contributed by atoms with E-state index >= 15 is 0 Å². The number of rotatable bonds is 9. The fourth-order valence-electron chi connectivity index (χ4n) is 1.19. The second kappa shape index (κ2) is 8.34. The molecule has 0 spiro atoms. The molecule has 0 heterocycles. The van der Waals surface area contributed by atoms with Gasteiger partial charge in [-0.15, -0.1) is 0 Å². The molecule has 0 N–H and O–H groups in total. The van der Waals surface area contributed by atoms with Crippen LogP contribution in [0.5, 0.6) is 0 Å². The Balaban J connectivity index is 3.61. The molecule has 0 radical (unpaired) electrons. The lowest BCUT2D eigenvalue weighted by molar-refractivity contribution is 0.0975. The first-order chi connectivity index (χ1) is 6.74. The zero-order valence-electron chi connectivity index (χ0n) is 9.35. The highest BCUT2D eigenvalue weighted by Crippen LogP contribution is 2.13. The van der Waals surface area contributed by atoms with E-state index in [1.807, 2.05) is 6.92 Å². The number of hydrogen-bond acceptors (Lipinski definition) is 3. The van der Waals surface area contributed by atoms with E-state index in [1.165, 1.54) is 0 Å². The monoisotopic (exact) mass is 224 g/mol. The summed E-state index contributed by atoms with van der Waals surface area (Å²) in [6, 6.07) is 0.767. The maximum absolute atomic E-state index is 11.8. The van der Waals surface area contributed by atoms with Crippen LogP contribution in [0.4, 0.5) is 4.39 Å². The van der Waals surface area contributed by atoms with Crippen molar-refractivity contribution in [3.63, 3.8) is 0 Å². The van der Waals surface area contributed by atoms with Gasteiger partial charge in [0, 0.05) is 26.9 Å². The van der Waals surface area contributed by atoms with Crippen LogP contribution in [0.3, 0.4) is 0 Å². The molecule has 0 aromatic rings. The van der Waals surface area contributed by atoms with Crippen molar-refractivity contribution in [1.29, 1.82) is 0 Å². The van der Waals surface area contributed by atoms with Crippen LogP contribution in [0.1, 0.15) is 26.2 Å². The summed E-state index contributed by atoms with van der Waals surface area (Å²) < 4.78 is 27.9. The van der Waals surface area contributed by atoms with Crippen molar-refractivity contribution in [3.05, 3.63) is 0 Å². The van der Waals surface area contributed by atoms with Gasteiger partial charge in [0.1, 0.15) is 0 Å². The molecule has 0 fully saturated rings. The van der Waals surface area contributed by atoms with E-state index in [1.54, 1.807) is 14.2 Å². The Kier molecular flexibility index (Phi) is 8.36. The summed E-state index contributed by atoms with van der Waals surface area (Å²) in [7, 11) is 0.852. The lowest BCUT2D eigenvalue weighted by Gasteiger charge is -2.24. The Bertz CT molecular complexity index is 123. The predicted molar refractivity (Wildman–Crippen MR) is 56.0 cm³/mol. The Morgan fingerprint density at radius 1 is 1.07 bits per heavy atom. The molecule has 3 nitrogen and oxygen atoms in total. The molecule has 0 aromatic heterocycles. The first-order valence-corrected chi connectivity index (χ1v) is 6.98. The molecule has 0 atom stereocenters. The van der Waals surface area contributed by atoms with Crippen molar-refractivity contribution in [2.24, 2.45) is 0 Å². The normalized spacial score (nSPS) is 12.0.